The van der Waals surface area contributed by atoms with Gasteiger partial charge in [0.1, 0.15) is 5.69 Å². The first kappa shape index (κ1) is 16.6. The molecule has 7 heteroatoms. The molecule has 0 aliphatic carbocycles. The van der Waals surface area contributed by atoms with Gasteiger partial charge >= 0.3 is 0 Å². The van der Waals surface area contributed by atoms with Crippen LogP contribution in [0.4, 0.5) is 5.95 Å². The Morgan fingerprint density at radius 2 is 2.05 bits per heavy atom. The standard InChI is InChI=1S/C15H25N5O2/c1-4-19-6-8-20(9-7-19)14(21)13-11-12(2)17-15(18-13)16-5-10-22-3/h11H,4-10H2,1-3H3,(H,16,17,18). The van der Waals surface area contributed by atoms with Crippen molar-refractivity contribution in [1.29, 1.82) is 0 Å². The molecule has 0 atom stereocenters. The summed E-state index contributed by atoms with van der Waals surface area (Å²) in [7, 11) is 1.64. The molecular formula is C15H25N5O2. The lowest BCUT2D eigenvalue weighted by Crippen LogP contribution is -2.48. The topological polar surface area (TPSA) is 70.6 Å². The van der Waals surface area contributed by atoms with Crippen LogP contribution in [0.5, 0.6) is 0 Å². The Bertz CT molecular complexity index is 501. The third-order valence-electron chi connectivity index (χ3n) is 3.77. The highest BCUT2D eigenvalue weighted by molar-refractivity contribution is 5.92. The van der Waals surface area contributed by atoms with Crippen LogP contribution in [-0.4, -0.2) is 78.7 Å². The molecule has 7 nitrogen and oxygen atoms in total. The minimum Gasteiger partial charge on any atom is -0.383 e. The highest BCUT2D eigenvalue weighted by atomic mass is 16.5. The summed E-state index contributed by atoms with van der Waals surface area (Å²) >= 11 is 0. The Kier molecular flexibility index (Phi) is 6.09. The smallest absolute Gasteiger partial charge is 0.272 e. The van der Waals surface area contributed by atoms with Crippen LogP contribution in [0.2, 0.25) is 0 Å². The summed E-state index contributed by atoms with van der Waals surface area (Å²) in [5, 5.41) is 3.07. The normalized spacial score (nSPS) is 15.9. The van der Waals surface area contributed by atoms with Gasteiger partial charge in [0.25, 0.3) is 5.91 Å². The zero-order valence-electron chi connectivity index (χ0n) is 13.6. The molecule has 1 aliphatic rings. The van der Waals surface area contributed by atoms with E-state index >= 15 is 0 Å². The number of rotatable bonds is 6. The lowest BCUT2D eigenvalue weighted by Gasteiger charge is -2.33. The quantitative estimate of drug-likeness (QED) is 0.777. The van der Waals surface area contributed by atoms with Crippen LogP contribution in [0.25, 0.3) is 0 Å². The lowest BCUT2D eigenvalue weighted by atomic mass is 10.2. The first-order valence-corrected chi connectivity index (χ1v) is 7.74. The average molecular weight is 307 g/mol. The van der Waals surface area contributed by atoms with Crippen molar-refractivity contribution in [2.45, 2.75) is 13.8 Å². The third kappa shape index (κ3) is 4.38. The Balaban J connectivity index is 2.02. The van der Waals surface area contributed by atoms with Gasteiger partial charge in [0.15, 0.2) is 0 Å². The number of anilines is 1. The van der Waals surface area contributed by atoms with Crippen LogP contribution in [-0.2, 0) is 4.74 Å². The molecule has 0 aromatic carbocycles. The van der Waals surface area contributed by atoms with Crippen molar-refractivity contribution in [3.8, 4) is 0 Å². The molecule has 22 heavy (non-hydrogen) atoms. The number of piperazine rings is 1. The van der Waals surface area contributed by atoms with Gasteiger partial charge in [0.2, 0.25) is 5.95 Å². The summed E-state index contributed by atoms with van der Waals surface area (Å²) in [6, 6.07) is 1.75. The van der Waals surface area contributed by atoms with Crippen molar-refractivity contribution in [2.75, 3.05) is 58.3 Å². The second kappa shape index (κ2) is 8.05. The van der Waals surface area contributed by atoms with Gasteiger partial charge in [-0.2, -0.15) is 0 Å². The maximum atomic E-state index is 12.6. The van der Waals surface area contributed by atoms with Crippen LogP contribution in [0.15, 0.2) is 6.07 Å². The first-order chi connectivity index (χ1) is 10.6. The van der Waals surface area contributed by atoms with Crippen LogP contribution in [0.3, 0.4) is 0 Å². The number of aryl methyl sites for hydroxylation is 1. The second-order valence-electron chi connectivity index (χ2n) is 5.36. The van der Waals surface area contributed by atoms with E-state index in [1.54, 1.807) is 13.2 Å². The number of nitrogens with one attached hydrogen (secondary N) is 1. The molecule has 2 heterocycles. The number of carbonyl (C=O) groups excluding carboxylic acids is 1. The van der Waals surface area contributed by atoms with Gasteiger partial charge < -0.3 is 19.9 Å². The molecule has 0 saturated carbocycles. The van der Waals surface area contributed by atoms with E-state index in [0.717, 1.165) is 38.4 Å². The van der Waals surface area contributed by atoms with Gasteiger partial charge in [-0.15, -0.1) is 0 Å². The van der Waals surface area contributed by atoms with Gasteiger partial charge in [-0.1, -0.05) is 6.92 Å². The number of nitrogens with zero attached hydrogens (tertiary/aromatic N) is 4. The summed E-state index contributed by atoms with van der Waals surface area (Å²) in [5.41, 5.74) is 1.24. The molecule has 0 spiro atoms. The van der Waals surface area contributed by atoms with Crippen molar-refractivity contribution < 1.29 is 9.53 Å². The van der Waals surface area contributed by atoms with Gasteiger partial charge in [-0.25, -0.2) is 9.97 Å². The van der Waals surface area contributed by atoms with Gasteiger partial charge in [0.05, 0.1) is 6.61 Å². The number of carbonyl (C=O) groups is 1. The number of hydrogen-bond acceptors (Lipinski definition) is 6. The van der Waals surface area contributed by atoms with E-state index < -0.39 is 0 Å². The summed E-state index contributed by atoms with van der Waals surface area (Å²) in [6.45, 7) is 9.57. The molecule has 0 bridgehead atoms. The number of aromatic nitrogens is 2. The largest absolute Gasteiger partial charge is 0.383 e. The zero-order chi connectivity index (χ0) is 15.9. The first-order valence-electron chi connectivity index (χ1n) is 7.74. The Hall–Kier alpha value is -1.73. The average Bonchev–Trinajstić information content (AvgIpc) is 2.54. The van der Waals surface area contributed by atoms with Crippen LogP contribution in [0, 0.1) is 6.92 Å². The molecule has 1 N–H and O–H groups in total. The molecule has 122 valence electrons. The fourth-order valence-corrected chi connectivity index (χ4v) is 2.45. The van der Waals surface area contributed by atoms with Crippen LogP contribution >= 0.6 is 0 Å². The van der Waals surface area contributed by atoms with E-state index in [2.05, 4.69) is 27.1 Å². The Labute approximate surface area is 131 Å². The van der Waals surface area contributed by atoms with Gasteiger partial charge in [0, 0.05) is 45.5 Å². The third-order valence-corrected chi connectivity index (χ3v) is 3.77. The van der Waals surface area contributed by atoms with Crippen LogP contribution in [0.1, 0.15) is 23.1 Å². The highest BCUT2D eigenvalue weighted by Crippen LogP contribution is 2.10. The summed E-state index contributed by atoms with van der Waals surface area (Å²) in [5.74, 6) is 0.462. The van der Waals surface area contributed by atoms with Crippen molar-refractivity contribution in [2.24, 2.45) is 0 Å². The van der Waals surface area contributed by atoms with Crippen molar-refractivity contribution in [3.05, 3.63) is 17.5 Å². The molecule has 1 aromatic heterocycles. The molecule has 1 aliphatic heterocycles. The number of hydrogen-bond donors (Lipinski definition) is 1. The van der Waals surface area contributed by atoms with E-state index in [9.17, 15) is 4.79 Å². The second-order valence-corrected chi connectivity index (χ2v) is 5.36. The van der Waals surface area contributed by atoms with Crippen molar-refractivity contribution in [1.82, 2.24) is 19.8 Å². The maximum absolute atomic E-state index is 12.6. The molecule has 2 rings (SSSR count). The summed E-state index contributed by atoms with van der Waals surface area (Å²) in [4.78, 5) is 25.4. The number of ether oxygens (including phenoxy) is 1. The maximum Gasteiger partial charge on any atom is 0.272 e. The van der Waals surface area contributed by atoms with Gasteiger partial charge in [-0.05, 0) is 19.5 Å². The summed E-state index contributed by atoms with van der Waals surface area (Å²) in [6.07, 6.45) is 0. The number of amides is 1. The zero-order valence-corrected chi connectivity index (χ0v) is 13.6. The van der Waals surface area contributed by atoms with E-state index in [1.165, 1.54) is 0 Å². The van der Waals surface area contributed by atoms with Crippen molar-refractivity contribution in [3.63, 3.8) is 0 Å². The minimum absolute atomic E-state index is 0.0176. The molecule has 1 saturated heterocycles. The molecule has 0 unspecified atom stereocenters. The fourth-order valence-electron chi connectivity index (χ4n) is 2.45. The monoisotopic (exact) mass is 307 g/mol. The lowest BCUT2D eigenvalue weighted by molar-refractivity contribution is 0.0637. The van der Waals surface area contributed by atoms with Crippen LogP contribution < -0.4 is 5.32 Å². The van der Waals surface area contributed by atoms with E-state index in [4.69, 9.17) is 4.74 Å². The molecule has 1 amide bonds. The predicted molar refractivity (Wildman–Crippen MR) is 85.2 cm³/mol. The Morgan fingerprint density at radius 1 is 1.32 bits per heavy atom. The molecular weight excluding hydrogens is 282 g/mol. The van der Waals surface area contributed by atoms with E-state index in [0.29, 0.717) is 24.8 Å². The fraction of sp³-hybridized carbons (Fsp3) is 0.667. The van der Waals surface area contributed by atoms with Crippen molar-refractivity contribution >= 4 is 11.9 Å². The number of methoxy groups -OCH3 is 1. The highest BCUT2D eigenvalue weighted by Gasteiger charge is 2.22. The number of likely N-dealkylation sites (N-methyl/N-ethyl adjacent to an activating group) is 1. The van der Waals surface area contributed by atoms with E-state index in [-0.39, 0.29) is 5.91 Å². The minimum atomic E-state index is -0.0176. The predicted octanol–water partition coefficient (Wildman–Crippen LogP) is 0.621. The van der Waals surface area contributed by atoms with E-state index in [1.807, 2.05) is 11.8 Å². The molecule has 1 fully saturated rings. The summed E-state index contributed by atoms with van der Waals surface area (Å²) < 4.78 is 4.99. The van der Waals surface area contributed by atoms with Gasteiger partial charge in [-0.3, -0.25) is 4.79 Å². The SMILES string of the molecule is CCN1CCN(C(=O)c2cc(C)nc(NCCOC)n2)CC1. The molecule has 0 radical (unpaired) electrons. The molecule has 1 aromatic rings. The Morgan fingerprint density at radius 3 is 2.68 bits per heavy atom.